The van der Waals surface area contributed by atoms with Crippen LogP contribution < -0.4 is 4.90 Å². The van der Waals surface area contributed by atoms with E-state index in [-0.39, 0.29) is 0 Å². The van der Waals surface area contributed by atoms with Gasteiger partial charge >= 0.3 is 0 Å². The zero-order valence-corrected chi connectivity index (χ0v) is 41.6. The van der Waals surface area contributed by atoms with E-state index in [1.165, 1.54) is 77.2 Å². The van der Waals surface area contributed by atoms with Crippen molar-refractivity contribution in [2.75, 3.05) is 4.90 Å². The molecule has 13 aromatic carbocycles. The molecule has 14 rings (SSSR count). The van der Waals surface area contributed by atoms with Crippen LogP contribution in [-0.2, 0) is 0 Å². The molecule has 0 aliphatic rings. The van der Waals surface area contributed by atoms with Crippen LogP contribution in [0.25, 0.3) is 121 Å². The number of para-hydroxylation sites is 1. The van der Waals surface area contributed by atoms with Crippen molar-refractivity contribution in [3.8, 4) is 77.9 Å². The van der Waals surface area contributed by atoms with Gasteiger partial charge in [0.1, 0.15) is 11.2 Å². The third-order valence-corrected chi connectivity index (χ3v) is 15.1. The Labute approximate surface area is 442 Å². The molecule has 0 N–H and O–H groups in total. The fraction of sp³-hybridized carbons (Fsp3) is 0. The lowest BCUT2D eigenvalue weighted by Gasteiger charge is -2.27. The largest absolute Gasteiger partial charge is 0.455 e. The molecule has 0 amide bonds. The van der Waals surface area contributed by atoms with Crippen molar-refractivity contribution in [3.63, 3.8) is 0 Å². The van der Waals surface area contributed by atoms with Crippen molar-refractivity contribution in [2.24, 2.45) is 0 Å². The van der Waals surface area contributed by atoms with Crippen molar-refractivity contribution in [1.82, 2.24) is 0 Å². The molecular formula is C74H49NO. The van der Waals surface area contributed by atoms with Gasteiger partial charge in [-0.25, -0.2) is 0 Å². The van der Waals surface area contributed by atoms with E-state index in [0.717, 1.165) is 61.3 Å². The molecule has 2 nitrogen and oxygen atoms in total. The lowest BCUT2D eigenvalue weighted by Crippen LogP contribution is -2.10. The number of nitrogens with zero attached hydrogens (tertiary/aromatic N) is 1. The van der Waals surface area contributed by atoms with E-state index in [1.807, 2.05) is 0 Å². The molecule has 14 aromatic rings. The molecule has 1 heterocycles. The van der Waals surface area contributed by atoms with Gasteiger partial charge in [-0.15, -0.1) is 0 Å². The predicted octanol–water partition coefficient (Wildman–Crippen LogP) is 21.0. The zero-order valence-electron chi connectivity index (χ0n) is 41.6. The maximum atomic E-state index is 6.98. The molecule has 0 bridgehead atoms. The quantitative estimate of drug-likeness (QED) is 0.136. The summed E-state index contributed by atoms with van der Waals surface area (Å²) in [6.07, 6.45) is 0. The van der Waals surface area contributed by atoms with Gasteiger partial charge in [-0.2, -0.15) is 0 Å². The van der Waals surface area contributed by atoms with Crippen molar-refractivity contribution in [2.45, 2.75) is 0 Å². The first-order chi connectivity index (χ1) is 37.7. The summed E-state index contributed by atoms with van der Waals surface area (Å²) >= 11 is 0. The Bertz CT molecular complexity index is 4430. The van der Waals surface area contributed by atoms with E-state index in [4.69, 9.17) is 4.42 Å². The summed E-state index contributed by atoms with van der Waals surface area (Å²) in [7, 11) is 0. The molecule has 0 fully saturated rings. The van der Waals surface area contributed by atoms with E-state index in [2.05, 4.69) is 302 Å². The summed E-state index contributed by atoms with van der Waals surface area (Å²) in [4.78, 5) is 2.40. The molecule has 0 atom stereocenters. The first kappa shape index (κ1) is 44.7. The second-order valence-electron chi connectivity index (χ2n) is 19.5. The summed E-state index contributed by atoms with van der Waals surface area (Å²) in [6.45, 7) is 0. The second kappa shape index (κ2) is 19.1. The topological polar surface area (TPSA) is 16.4 Å². The highest BCUT2D eigenvalue weighted by molar-refractivity contribution is 6.18. The average molecular weight is 968 g/mol. The van der Waals surface area contributed by atoms with Crippen molar-refractivity contribution in [1.29, 1.82) is 0 Å². The van der Waals surface area contributed by atoms with Gasteiger partial charge < -0.3 is 9.32 Å². The molecule has 0 saturated heterocycles. The number of hydrogen-bond acceptors (Lipinski definition) is 2. The van der Waals surface area contributed by atoms with Crippen LogP contribution in [0.15, 0.2) is 302 Å². The monoisotopic (exact) mass is 967 g/mol. The van der Waals surface area contributed by atoms with Crippen molar-refractivity contribution < 1.29 is 4.42 Å². The Kier molecular flexibility index (Phi) is 11.2. The first-order valence-corrected chi connectivity index (χ1v) is 26.1. The first-order valence-electron chi connectivity index (χ1n) is 26.1. The van der Waals surface area contributed by atoms with Crippen molar-refractivity contribution in [3.05, 3.63) is 297 Å². The van der Waals surface area contributed by atoms with E-state index >= 15 is 0 Å². The normalized spacial score (nSPS) is 11.4. The highest BCUT2D eigenvalue weighted by Crippen LogP contribution is 2.49. The Morgan fingerprint density at radius 1 is 0.250 bits per heavy atom. The maximum absolute atomic E-state index is 6.98. The summed E-state index contributed by atoms with van der Waals surface area (Å²) in [5, 5.41) is 7.01. The molecule has 0 aliphatic heterocycles. The van der Waals surface area contributed by atoms with E-state index in [1.54, 1.807) is 0 Å². The number of fused-ring (bicyclic) bond motifs is 5. The fourth-order valence-corrected chi connectivity index (χ4v) is 11.6. The van der Waals surface area contributed by atoms with Crippen LogP contribution in [-0.4, -0.2) is 0 Å². The third kappa shape index (κ3) is 7.92. The van der Waals surface area contributed by atoms with Crippen LogP contribution in [0.3, 0.4) is 0 Å². The van der Waals surface area contributed by atoms with Gasteiger partial charge in [0.15, 0.2) is 0 Å². The highest BCUT2D eigenvalue weighted by atomic mass is 16.3. The van der Waals surface area contributed by atoms with E-state index in [0.29, 0.717) is 0 Å². The molecule has 2 heteroatoms. The lowest BCUT2D eigenvalue weighted by molar-refractivity contribution is 0.670. The van der Waals surface area contributed by atoms with Crippen LogP contribution >= 0.6 is 0 Å². The van der Waals surface area contributed by atoms with Gasteiger partial charge in [-0.05, 0) is 142 Å². The van der Waals surface area contributed by atoms with E-state index in [9.17, 15) is 0 Å². The molecule has 0 unspecified atom stereocenters. The third-order valence-electron chi connectivity index (χ3n) is 15.1. The Hall–Kier alpha value is -10.0. The lowest BCUT2D eigenvalue weighted by atomic mass is 9.85. The van der Waals surface area contributed by atoms with Gasteiger partial charge in [-0.1, -0.05) is 249 Å². The summed E-state index contributed by atoms with van der Waals surface area (Å²) < 4.78 is 6.98. The minimum absolute atomic E-state index is 0.853. The summed E-state index contributed by atoms with van der Waals surface area (Å²) in [5.41, 5.74) is 21.2. The van der Waals surface area contributed by atoms with Gasteiger partial charge in [0.2, 0.25) is 0 Å². The molecule has 356 valence electrons. The van der Waals surface area contributed by atoms with Crippen molar-refractivity contribution >= 4 is 60.5 Å². The number of furan rings is 1. The molecule has 1 aromatic heterocycles. The summed E-state index contributed by atoms with van der Waals surface area (Å²) in [6, 6.07) is 108. The SMILES string of the molecule is c1ccc(-c2cccc(-c3ccccc3-c3ccc(N(c4ccc(-c5cccc(-c6cccc7ccccc67)c5)cc4)c4ccc(-c5cccc6ccccc56)c5oc6ccccc6c45)cc3)c2-c2ccccc2)cc1. The highest BCUT2D eigenvalue weighted by Gasteiger charge is 2.24. The van der Waals surface area contributed by atoms with E-state index < -0.39 is 0 Å². The van der Waals surface area contributed by atoms with Crippen LogP contribution in [0.2, 0.25) is 0 Å². The van der Waals surface area contributed by atoms with Crippen LogP contribution in [0.4, 0.5) is 17.1 Å². The molecule has 0 aliphatic carbocycles. The summed E-state index contributed by atoms with van der Waals surface area (Å²) in [5.74, 6) is 0. The predicted molar refractivity (Wildman–Crippen MR) is 321 cm³/mol. The number of rotatable bonds is 10. The number of anilines is 3. The van der Waals surface area contributed by atoms with Gasteiger partial charge in [-0.3, -0.25) is 0 Å². The minimum Gasteiger partial charge on any atom is -0.455 e. The molecular weight excluding hydrogens is 919 g/mol. The average Bonchev–Trinajstić information content (AvgIpc) is 3.97. The van der Waals surface area contributed by atoms with Gasteiger partial charge in [0, 0.05) is 22.3 Å². The molecule has 0 radical (unpaired) electrons. The number of hydrogen-bond donors (Lipinski definition) is 0. The molecule has 0 spiro atoms. The van der Waals surface area contributed by atoms with Crippen LogP contribution in [0, 0.1) is 0 Å². The second-order valence-corrected chi connectivity index (χ2v) is 19.5. The fourth-order valence-electron chi connectivity index (χ4n) is 11.6. The Balaban J connectivity index is 0.923. The van der Waals surface area contributed by atoms with Crippen LogP contribution in [0.5, 0.6) is 0 Å². The Morgan fingerprint density at radius 3 is 1.45 bits per heavy atom. The number of benzene rings is 13. The smallest absolute Gasteiger partial charge is 0.145 e. The Morgan fingerprint density at radius 2 is 0.724 bits per heavy atom. The standard InChI is InChI=1S/C74H49NO/c1-3-19-53(20-4-1)64-35-18-37-67(72(64)55-23-5-2-6-24-55)65-32-12-11-31-62(65)54-41-45-59(46-42-54)75(58-43-39-50(40-44-58)56-27-15-28-57(49-56)63-34-16-25-51-21-7-9-29-60(51)63)70-48-47-68(66-36-17-26-52-22-8-10-30-61(52)66)74-73(70)69-33-13-14-38-71(69)76-74/h1-49H. The van der Waals surface area contributed by atoms with Gasteiger partial charge in [0.25, 0.3) is 0 Å². The minimum atomic E-state index is 0.853. The molecule has 0 saturated carbocycles. The maximum Gasteiger partial charge on any atom is 0.145 e. The zero-order chi connectivity index (χ0) is 50.4. The molecule has 76 heavy (non-hydrogen) atoms. The van der Waals surface area contributed by atoms with Gasteiger partial charge in [0.05, 0.1) is 11.1 Å². The van der Waals surface area contributed by atoms with Crippen LogP contribution in [0.1, 0.15) is 0 Å².